The standard InChI is InChI=1S/C16H13Cl3N2O4/c1-10-4-2-5-11(8-10)14(20-15(22)16(17,18)19)25-13-7-3-6-12(9-13)21(23)24/h2-9,14H,1H3,(H,20,22). The number of carbonyl (C=O) groups is 1. The largest absolute Gasteiger partial charge is 0.466 e. The van der Waals surface area contributed by atoms with Crippen molar-refractivity contribution in [2.75, 3.05) is 0 Å². The van der Waals surface area contributed by atoms with Crippen LogP contribution in [0.5, 0.6) is 5.75 Å². The van der Waals surface area contributed by atoms with Gasteiger partial charge >= 0.3 is 0 Å². The number of alkyl halides is 3. The molecule has 1 atom stereocenters. The lowest BCUT2D eigenvalue weighted by molar-refractivity contribution is -0.385. The molecule has 0 aliphatic heterocycles. The fraction of sp³-hybridized carbons (Fsp3) is 0.188. The lowest BCUT2D eigenvalue weighted by atomic mass is 10.1. The summed E-state index contributed by atoms with van der Waals surface area (Å²) in [5.74, 6) is -0.695. The third-order valence-electron chi connectivity index (χ3n) is 3.15. The molecule has 1 amide bonds. The number of nitrogens with one attached hydrogen (secondary N) is 1. The number of hydrogen-bond acceptors (Lipinski definition) is 4. The molecule has 0 aromatic heterocycles. The summed E-state index contributed by atoms with van der Waals surface area (Å²) in [5.41, 5.74) is 1.37. The van der Waals surface area contributed by atoms with Gasteiger partial charge in [-0.2, -0.15) is 0 Å². The maximum absolute atomic E-state index is 12.0. The maximum Gasteiger partial charge on any atom is 0.275 e. The Morgan fingerprint density at radius 1 is 1.20 bits per heavy atom. The van der Waals surface area contributed by atoms with Crippen LogP contribution in [0.25, 0.3) is 0 Å². The van der Waals surface area contributed by atoms with E-state index in [9.17, 15) is 14.9 Å². The first-order valence-corrected chi connectivity index (χ1v) is 8.15. The van der Waals surface area contributed by atoms with Gasteiger partial charge in [-0.15, -0.1) is 0 Å². The minimum Gasteiger partial charge on any atom is -0.466 e. The van der Waals surface area contributed by atoms with Crippen molar-refractivity contribution in [1.82, 2.24) is 5.32 Å². The van der Waals surface area contributed by atoms with Gasteiger partial charge < -0.3 is 10.1 Å². The van der Waals surface area contributed by atoms with Gasteiger partial charge in [0.05, 0.1) is 11.0 Å². The molecule has 9 heteroatoms. The maximum atomic E-state index is 12.0. The lowest BCUT2D eigenvalue weighted by Crippen LogP contribution is -2.39. The minimum atomic E-state index is -2.17. The van der Waals surface area contributed by atoms with Gasteiger partial charge in [-0.1, -0.05) is 70.7 Å². The molecule has 0 bridgehead atoms. The van der Waals surface area contributed by atoms with Gasteiger partial charge in [0.1, 0.15) is 5.75 Å². The van der Waals surface area contributed by atoms with Gasteiger partial charge in [0.15, 0.2) is 6.23 Å². The summed E-state index contributed by atoms with van der Waals surface area (Å²) in [6.07, 6.45) is -0.995. The Bertz CT molecular complexity index is 793. The molecule has 0 saturated carbocycles. The molecule has 6 nitrogen and oxygen atoms in total. The van der Waals surface area contributed by atoms with E-state index in [0.717, 1.165) is 5.56 Å². The molecule has 132 valence electrons. The number of nitrogens with zero attached hydrogens (tertiary/aromatic N) is 1. The molecule has 2 aromatic carbocycles. The van der Waals surface area contributed by atoms with Crippen LogP contribution in [0.2, 0.25) is 0 Å². The van der Waals surface area contributed by atoms with Crippen molar-refractivity contribution in [3.05, 3.63) is 69.8 Å². The Kier molecular flexibility index (Phi) is 6.11. The number of ether oxygens (including phenoxy) is 1. The molecular weight excluding hydrogens is 391 g/mol. The zero-order chi connectivity index (χ0) is 18.6. The van der Waals surface area contributed by atoms with Crippen LogP contribution >= 0.6 is 34.8 Å². The van der Waals surface area contributed by atoms with Crippen LogP contribution in [0.3, 0.4) is 0 Å². The molecule has 0 aliphatic rings. The van der Waals surface area contributed by atoms with Crippen LogP contribution in [-0.4, -0.2) is 14.6 Å². The highest BCUT2D eigenvalue weighted by Crippen LogP contribution is 2.29. The Hall–Kier alpha value is -2.02. The monoisotopic (exact) mass is 402 g/mol. The molecule has 0 fully saturated rings. The molecule has 1 unspecified atom stereocenters. The van der Waals surface area contributed by atoms with Crippen molar-refractivity contribution >= 4 is 46.4 Å². The minimum absolute atomic E-state index is 0.145. The van der Waals surface area contributed by atoms with Crippen LogP contribution in [0.1, 0.15) is 17.4 Å². The number of rotatable bonds is 5. The highest BCUT2D eigenvalue weighted by Gasteiger charge is 2.33. The fourth-order valence-electron chi connectivity index (χ4n) is 2.02. The summed E-state index contributed by atoms with van der Waals surface area (Å²) in [4.78, 5) is 22.3. The van der Waals surface area contributed by atoms with Crippen molar-refractivity contribution in [3.8, 4) is 5.75 Å². The number of aryl methyl sites for hydroxylation is 1. The van der Waals surface area contributed by atoms with E-state index in [0.29, 0.717) is 5.56 Å². The molecular formula is C16H13Cl3N2O4. The average Bonchev–Trinajstić information content (AvgIpc) is 2.53. The summed E-state index contributed by atoms with van der Waals surface area (Å²) in [6, 6.07) is 12.7. The van der Waals surface area contributed by atoms with Crippen LogP contribution < -0.4 is 10.1 Å². The predicted octanol–water partition coefficient (Wildman–Crippen LogP) is 4.47. The summed E-state index contributed by atoms with van der Waals surface area (Å²) < 4.78 is 3.53. The first-order valence-electron chi connectivity index (χ1n) is 7.02. The molecule has 0 spiro atoms. The van der Waals surface area contributed by atoms with Gasteiger partial charge in [0, 0.05) is 11.6 Å². The third-order valence-corrected chi connectivity index (χ3v) is 3.66. The molecule has 25 heavy (non-hydrogen) atoms. The van der Waals surface area contributed by atoms with E-state index < -0.39 is 20.9 Å². The molecule has 0 heterocycles. The van der Waals surface area contributed by atoms with Gasteiger partial charge in [-0.3, -0.25) is 14.9 Å². The van der Waals surface area contributed by atoms with Crippen molar-refractivity contribution in [3.63, 3.8) is 0 Å². The fourth-order valence-corrected chi connectivity index (χ4v) is 2.19. The molecule has 2 rings (SSSR count). The smallest absolute Gasteiger partial charge is 0.275 e. The Morgan fingerprint density at radius 2 is 1.88 bits per heavy atom. The topological polar surface area (TPSA) is 81.5 Å². The van der Waals surface area contributed by atoms with Crippen LogP contribution in [0, 0.1) is 17.0 Å². The summed E-state index contributed by atoms with van der Waals surface area (Å²) >= 11 is 16.8. The summed E-state index contributed by atoms with van der Waals surface area (Å²) in [7, 11) is 0. The van der Waals surface area contributed by atoms with Gasteiger partial charge in [-0.05, 0) is 13.0 Å². The molecule has 0 aliphatic carbocycles. The Balaban J connectivity index is 2.33. The number of benzene rings is 2. The second kappa shape index (κ2) is 7.91. The SMILES string of the molecule is Cc1cccc(C(NC(=O)C(Cl)(Cl)Cl)Oc2cccc([N+](=O)[O-])c2)c1. The first-order chi connectivity index (χ1) is 11.7. The third kappa shape index (κ3) is 5.49. The molecule has 2 aromatic rings. The van der Waals surface area contributed by atoms with Crippen molar-refractivity contribution in [1.29, 1.82) is 0 Å². The Morgan fingerprint density at radius 3 is 2.48 bits per heavy atom. The first kappa shape index (κ1) is 19.3. The number of halogens is 3. The summed E-state index contributed by atoms with van der Waals surface area (Å²) in [5, 5.41) is 13.4. The number of nitro benzene ring substituents is 1. The number of nitro groups is 1. The number of non-ortho nitro benzene ring substituents is 1. The average molecular weight is 404 g/mol. The quantitative estimate of drug-likeness (QED) is 0.346. The van der Waals surface area contributed by atoms with Crippen molar-refractivity contribution < 1.29 is 14.5 Å². The second-order valence-electron chi connectivity index (χ2n) is 5.14. The molecule has 1 N–H and O–H groups in total. The van der Waals surface area contributed by atoms with E-state index in [1.54, 1.807) is 18.2 Å². The number of hydrogen-bond donors (Lipinski definition) is 1. The van der Waals surface area contributed by atoms with E-state index in [-0.39, 0.29) is 11.4 Å². The van der Waals surface area contributed by atoms with E-state index in [4.69, 9.17) is 39.5 Å². The highest BCUT2D eigenvalue weighted by molar-refractivity contribution is 6.76. The van der Waals surface area contributed by atoms with Crippen molar-refractivity contribution in [2.24, 2.45) is 0 Å². The zero-order valence-corrected chi connectivity index (χ0v) is 15.2. The van der Waals surface area contributed by atoms with E-state index in [1.807, 2.05) is 13.0 Å². The zero-order valence-electron chi connectivity index (χ0n) is 12.9. The van der Waals surface area contributed by atoms with Gasteiger partial charge in [0.25, 0.3) is 15.4 Å². The number of carbonyl (C=O) groups excluding carboxylic acids is 1. The van der Waals surface area contributed by atoms with Crippen LogP contribution in [0.4, 0.5) is 5.69 Å². The van der Waals surface area contributed by atoms with Gasteiger partial charge in [-0.25, -0.2) is 0 Å². The normalized spacial score (nSPS) is 12.3. The van der Waals surface area contributed by atoms with Gasteiger partial charge in [0.2, 0.25) is 0 Å². The van der Waals surface area contributed by atoms with Crippen molar-refractivity contribution in [2.45, 2.75) is 16.9 Å². The van der Waals surface area contributed by atoms with Crippen LogP contribution in [0.15, 0.2) is 48.5 Å². The second-order valence-corrected chi connectivity index (χ2v) is 7.42. The number of amides is 1. The predicted molar refractivity (Wildman–Crippen MR) is 96.1 cm³/mol. The van der Waals surface area contributed by atoms with E-state index in [1.165, 1.54) is 24.3 Å². The van der Waals surface area contributed by atoms with Crippen LogP contribution in [-0.2, 0) is 4.79 Å². The molecule has 0 radical (unpaired) electrons. The lowest BCUT2D eigenvalue weighted by Gasteiger charge is -2.23. The van der Waals surface area contributed by atoms with E-state index in [2.05, 4.69) is 5.32 Å². The Labute approximate surface area is 158 Å². The summed E-state index contributed by atoms with van der Waals surface area (Å²) in [6.45, 7) is 1.87. The highest BCUT2D eigenvalue weighted by atomic mass is 35.6. The van der Waals surface area contributed by atoms with E-state index >= 15 is 0 Å². The molecule has 0 saturated heterocycles.